The van der Waals surface area contributed by atoms with Crippen LogP contribution in [0.25, 0.3) is 0 Å². The number of hydrogen-bond donors (Lipinski definition) is 10. The van der Waals surface area contributed by atoms with Crippen molar-refractivity contribution in [3.05, 3.63) is 266 Å². The fraction of sp³-hybridized carbons (Fsp3) is 0.441. The number of rotatable bonds is 46. The summed E-state index contributed by atoms with van der Waals surface area (Å²) in [6.45, 7) is 21.3. The van der Waals surface area contributed by atoms with E-state index in [9.17, 15) is 47.9 Å². The fourth-order valence-corrected chi connectivity index (χ4v) is 15.0. The maximum Gasteiger partial charge on any atom is 0.274 e. The number of amides is 7. The summed E-state index contributed by atoms with van der Waals surface area (Å²) in [5.41, 5.74) is 20.5. The second-order valence-corrected chi connectivity index (χ2v) is 33.6. The van der Waals surface area contributed by atoms with Gasteiger partial charge in [-0.2, -0.15) is 0 Å². The number of nitrogens with one attached hydrogen (secondary N) is 5. The van der Waals surface area contributed by atoms with Crippen molar-refractivity contribution in [1.82, 2.24) is 52.1 Å². The Bertz CT molecular complexity index is 4780. The molecular formula is C102H136N12O15. The van der Waals surface area contributed by atoms with Gasteiger partial charge in [-0.25, -0.2) is 37.4 Å². The zero-order valence-electron chi connectivity index (χ0n) is 76.8. The van der Waals surface area contributed by atoms with Crippen molar-refractivity contribution in [2.45, 2.75) is 222 Å². The zero-order valence-corrected chi connectivity index (χ0v) is 76.8. The highest BCUT2D eigenvalue weighted by molar-refractivity contribution is 5.96. The summed E-state index contributed by atoms with van der Waals surface area (Å²) in [5.74, 6) is -0.969. The van der Waals surface area contributed by atoms with Crippen LogP contribution in [0.5, 0.6) is 0 Å². The van der Waals surface area contributed by atoms with Gasteiger partial charge in [0.15, 0.2) is 0 Å². The number of unbranched alkanes of at least 4 members (excludes halogenated alkanes) is 5. The molecule has 0 saturated carbocycles. The van der Waals surface area contributed by atoms with Crippen LogP contribution in [0.3, 0.4) is 0 Å². The predicted molar refractivity (Wildman–Crippen MR) is 500 cm³/mol. The Morgan fingerprint density at radius 3 is 1.15 bits per heavy atom. The number of nitrogens with zero attached hydrogens (tertiary/aromatic N) is 7. The first-order valence-corrected chi connectivity index (χ1v) is 45.5. The predicted octanol–water partition coefficient (Wildman–Crippen LogP) is 16.5. The smallest absolute Gasteiger partial charge is 0.274 e. The average Bonchev–Trinajstić information content (AvgIpc) is 1.80. The zero-order chi connectivity index (χ0) is 93.8. The van der Waals surface area contributed by atoms with Gasteiger partial charge in [-0.05, 0) is 225 Å². The minimum absolute atomic E-state index is 0.0398. The van der Waals surface area contributed by atoms with Crippen LogP contribution in [0, 0.1) is 23.7 Å². The summed E-state index contributed by atoms with van der Waals surface area (Å²) in [7, 11) is 3.98. The average molecular weight is 1770 g/mol. The van der Waals surface area contributed by atoms with Crippen molar-refractivity contribution in [2.75, 3.05) is 51.7 Å². The van der Waals surface area contributed by atoms with E-state index in [0.717, 1.165) is 160 Å². The van der Waals surface area contributed by atoms with Gasteiger partial charge in [0.25, 0.3) is 29.5 Å². The number of fused-ring (bicyclic) bond motifs is 1. The number of aliphatic imine (C=N–C) groups is 1. The fourth-order valence-electron chi connectivity index (χ4n) is 15.0. The van der Waals surface area contributed by atoms with E-state index >= 15 is 0 Å². The molecule has 694 valence electrons. The number of hydroxylamine groups is 5. The number of aromatic nitrogens is 2. The molecule has 27 heteroatoms. The highest BCUT2D eigenvalue weighted by Crippen LogP contribution is 2.27. The number of benzene rings is 7. The number of hydrogen-bond acceptors (Lipinski definition) is 20. The van der Waals surface area contributed by atoms with Crippen molar-refractivity contribution >= 4 is 70.6 Å². The summed E-state index contributed by atoms with van der Waals surface area (Å²) in [5, 5.41) is 43.4. The van der Waals surface area contributed by atoms with Crippen LogP contribution >= 0.6 is 0 Å². The van der Waals surface area contributed by atoms with Gasteiger partial charge in [0, 0.05) is 136 Å². The molecule has 0 bridgehead atoms. The van der Waals surface area contributed by atoms with E-state index < -0.39 is 29.5 Å². The lowest BCUT2D eigenvalue weighted by atomic mass is 9.87. The molecule has 1 saturated heterocycles. The van der Waals surface area contributed by atoms with E-state index in [2.05, 4.69) is 66.6 Å². The molecular weight excluding hydrogens is 1630 g/mol. The molecule has 10 N–H and O–H groups in total. The third-order valence-corrected chi connectivity index (χ3v) is 22.6. The maximum atomic E-state index is 13.0. The van der Waals surface area contributed by atoms with Gasteiger partial charge >= 0.3 is 0 Å². The van der Waals surface area contributed by atoms with Gasteiger partial charge in [0.05, 0.1) is 13.0 Å². The summed E-state index contributed by atoms with van der Waals surface area (Å²) >= 11 is 0. The SMILES string of the molecule is CCCCC(Cc1ccc(C(=O)NO)cc1)C(=O)Cc1ccc2c(c1)CN=C2.CCCCC(Cc1ccc(C(=O)NO)cc1)C(=O)Cc1cccc(N(C)C)c1.CCCCC(Cc1ccc(C(=O)NO)cc1)C(=O)Cc1ncccn1.CCCCN(Cc1ccc(C(=O)NO)cc1)C(=O)CC(C)C.CCCCN(Cc1ccc(C(=O)NO)cc1)C(=O)CCCN1CCCC1. The van der Waals surface area contributed by atoms with Gasteiger partial charge in [0.1, 0.15) is 23.2 Å². The molecule has 10 rings (SSSR count). The molecule has 3 heterocycles. The summed E-state index contributed by atoms with van der Waals surface area (Å²) in [4.78, 5) is 141. The van der Waals surface area contributed by atoms with Crippen LogP contribution in [0.2, 0.25) is 0 Å². The molecule has 0 aliphatic carbocycles. The molecule has 7 aromatic carbocycles. The number of anilines is 1. The quantitative estimate of drug-likeness (QED) is 0.0125. The van der Waals surface area contributed by atoms with Crippen molar-refractivity contribution in [2.24, 2.45) is 28.7 Å². The molecule has 0 radical (unpaired) electrons. The van der Waals surface area contributed by atoms with Gasteiger partial charge in [0.2, 0.25) is 11.8 Å². The molecule has 1 aromatic heterocycles. The Morgan fingerprint density at radius 1 is 0.411 bits per heavy atom. The number of likely N-dealkylation sites (tertiary alicyclic amines) is 1. The number of Topliss-reactive ketones (excluding diaryl/α,β-unsaturated/α-hetero) is 3. The normalized spacial score (nSPS) is 12.4. The number of carbonyl (C=O) groups is 10. The highest BCUT2D eigenvalue weighted by atomic mass is 16.5. The molecule has 0 spiro atoms. The van der Waals surface area contributed by atoms with E-state index in [0.29, 0.717) is 104 Å². The van der Waals surface area contributed by atoms with Crippen molar-refractivity contribution in [3.63, 3.8) is 0 Å². The summed E-state index contributed by atoms with van der Waals surface area (Å²) in [6.07, 6.45) is 25.6. The standard InChI is InChI=1S/C23H26N2O3.C23H30N2O3.C20H31N3O3.C19H23N3O3.C17H26N2O3/c1-2-3-4-19(11-16-5-8-18(9-6-16)23(27)25-28)22(26)13-17-7-10-20-14-24-15-21(20)12-17;1-4-5-8-20(14-17-10-12-19(13-11-17)23(27)24-28)22(26)16-18-7-6-9-21(15-18)25(2)3;1-2-3-15-23(19(24)7-6-14-22-12-4-5-13-22)16-17-8-10-18(11-9-17)20(25)21-26;1-2-3-5-16(17(23)13-18-20-10-4-11-21-18)12-14-6-8-15(9-7-14)19(24)22-25;1-4-5-10-19(16(20)11-13(2)3)12-14-6-8-15(9-7-14)17(21)18-22/h5-10,12,14,19,28H,2-4,11,13,15H2,1H3,(H,25,27);6-7,9-13,15,20,28H,4-5,8,14,16H2,1-3H3,(H,24,27);8-11,26H,2-7,12-16H2,1H3,(H,21,25);4,6-11,16,25H,2-3,5,12-13H2,1H3,(H,22,24);6-9,13,22H,4-5,10-12H2,1-3H3,(H,18,21). The highest BCUT2D eigenvalue weighted by Gasteiger charge is 2.25. The Kier molecular flexibility index (Phi) is 48.7. The van der Waals surface area contributed by atoms with Crippen LogP contribution in [0.1, 0.15) is 272 Å². The lowest BCUT2D eigenvalue weighted by molar-refractivity contribution is -0.133. The van der Waals surface area contributed by atoms with Gasteiger partial charge < -0.3 is 19.6 Å². The van der Waals surface area contributed by atoms with Crippen molar-refractivity contribution < 1.29 is 74.0 Å². The van der Waals surface area contributed by atoms with Gasteiger partial charge in [-0.1, -0.05) is 191 Å². The van der Waals surface area contributed by atoms with Gasteiger partial charge in [-0.15, -0.1) is 0 Å². The molecule has 129 heavy (non-hydrogen) atoms. The van der Waals surface area contributed by atoms with Crippen LogP contribution in [-0.2, 0) is 82.1 Å². The minimum atomic E-state index is -0.550. The minimum Gasteiger partial charge on any atom is -0.378 e. The van der Waals surface area contributed by atoms with Crippen LogP contribution in [-0.4, -0.2) is 162 Å². The van der Waals surface area contributed by atoms with Gasteiger partial charge in [-0.3, -0.25) is 79.0 Å². The maximum absolute atomic E-state index is 13.0. The van der Waals surface area contributed by atoms with Crippen LogP contribution < -0.4 is 32.3 Å². The second-order valence-electron chi connectivity index (χ2n) is 33.6. The number of carbonyl (C=O) groups excluding carboxylic acids is 10. The second kappa shape index (κ2) is 59.3. The Labute approximate surface area is 761 Å². The Hall–Kier alpha value is -11.9. The van der Waals surface area contributed by atoms with Crippen molar-refractivity contribution in [3.8, 4) is 0 Å². The van der Waals surface area contributed by atoms with E-state index in [1.54, 1.807) is 107 Å². The molecule has 3 atom stereocenters. The van der Waals surface area contributed by atoms with E-state index in [1.807, 2.05) is 140 Å². The summed E-state index contributed by atoms with van der Waals surface area (Å²) in [6, 6.07) is 50.9. The van der Waals surface area contributed by atoms with Crippen LogP contribution in [0.4, 0.5) is 5.69 Å². The van der Waals surface area contributed by atoms with Crippen LogP contribution in [0.15, 0.2) is 187 Å². The first kappa shape index (κ1) is 106. The van der Waals surface area contributed by atoms with E-state index in [-0.39, 0.29) is 53.3 Å². The Morgan fingerprint density at radius 2 is 0.775 bits per heavy atom. The Balaban J connectivity index is 0.000000249. The molecule has 3 unspecified atom stereocenters. The van der Waals surface area contributed by atoms with Crippen molar-refractivity contribution in [1.29, 1.82) is 0 Å². The van der Waals surface area contributed by atoms with E-state index in [1.165, 1.54) is 31.5 Å². The first-order valence-electron chi connectivity index (χ1n) is 45.5. The number of ketones is 3. The molecule has 1 fully saturated rings. The molecule has 7 amide bonds. The topological polar surface area (TPSA) is 383 Å². The largest absolute Gasteiger partial charge is 0.378 e. The molecule has 2 aliphatic heterocycles. The third-order valence-electron chi connectivity index (χ3n) is 22.6. The first-order chi connectivity index (χ1) is 62.3. The molecule has 27 nitrogen and oxygen atoms in total. The molecule has 8 aromatic rings. The van der Waals surface area contributed by atoms with E-state index in [4.69, 9.17) is 26.0 Å². The lowest BCUT2D eigenvalue weighted by Gasteiger charge is -2.23. The third kappa shape index (κ3) is 38.5. The lowest BCUT2D eigenvalue weighted by Crippen LogP contribution is -2.32. The monoisotopic (exact) mass is 1770 g/mol. The summed E-state index contributed by atoms with van der Waals surface area (Å²) < 4.78 is 0. The molecule has 2 aliphatic rings.